The predicted molar refractivity (Wildman–Crippen MR) is 122 cm³/mol. The molecule has 0 saturated heterocycles. The standard InChI is InChI=1S/C24H35IO4/c1-12-8-9-16(17(10-11-25)20(12)26)21(27)18-19(22(28)29-7)24(6)14(3)13(2)23(18,5)15(24)4/h10-12,15-20,26H,8-9H2,1-7H3/b11-10+/t12-,15-,16-,17+,18+,19+,20+,23+,24-/m1/s1. The molecule has 0 heterocycles. The molecule has 0 amide bonds. The molecule has 162 valence electrons. The van der Waals surface area contributed by atoms with Gasteiger partial charge in [0.2, 0.25) is 0 Å². The molecule has 0 aromatic carbocycles. The number of Topliss-reactive ketones (excluding diaryl/α,β-unsaturated/α-hetero) is 1. The quantitative estimate of drug-likeness (QED) is 0.328. The van der Waals surface area contributed by atoms with Gasteiger partial charge in [0.15, 0.2) is 0 Å². The second kappa shape index (κ2) is 7.77. The van der Waals surface area contributed by atoms with Gasteiger partial charge in [-0.25, -0.2) is 0 Å². The molecular formula is C24H35IO4. The van der Waals surface area contributed by atoms with Gasteiger partial charge in [-0.05, 0) is 42.6 Å². The largest absolute Gasteiger partial charge is 0.469 e. The minimum absolute atomic E-state index is 0.135. The van der Waals surface area contributed by atoms with Crippen molar-refractivity contribution in [2.45, 2.75) is 60.5 Å². The summed E-state index contributed by atoms with van der Waals surface area (Å²) in [4.78, 5) is 27.1. The van der Waals surface area contributed by atoms with Gasteiger partial charge in [-0.1, -0.05) is 67.5 Å². The molecule has 0 aromatic rings. The Balaban J connectivity index is 2.10. The highest BCUT2D eigenvalue weighted by Gasteiger charge is 2.72. The lowest BCUT2D eigenvalue weighted by Gasteiger charge is -2.44. The number of allylic oxidation sites excluding steroid dienone is 2. The fraction of sp³-hybridized carbons (Fsp3) is 0.750. The van der Waals surface area contributed by atoms with Crippen LogP contribution in [0.5, 0.6) is 0 Å². The highest BCUT2D eigenvalue weighted by Crippen LogP contribution is 2.73. The summed E-state index contributed by atoms with van der Waals surface area (Å²) >= 11 is 2.16. The van der Waals surface area contributed by atoms with E-state index in [1.807, 2.05) is 10.2 Å². The van der Waals surface area contributed by atoms with Crippen molar-refractivity contribution in [3.05, 3.63) is 21.3 Å². The number of aliphatic hydroxyl groups is 1. The summed E-state index contributed by atoms with van der Waals surface area (Å²) in [6, 6.07) is 0. The van der Waals surface area contributed by atoms with Gasteiger partial charge < -0.3 is 9.84 Å². The van der Waals surface area contributed by atoms with Gasteiger partial charge in [-0.3, -0.25) is 9.59 Å². The molecule has 29 heavy (non-hydrogen) atoms. The van der Waals surface area contributed by atoms with Crippen LogP contribution in [0.2, 0.25) is 0 Å². The number of fused-ring (bicyclic) bond motifs is 2. The number of hydrogen-bond donors (Lipinski definition) is 1. The lowest BCUT2D eigenvalue weighted by molar-refractivity contribution is -0.155. The van der Waals surface area contributed by atoms with Gasteiger partial charge in [0.05, 0.1) is 19.1 Å². The lowest BCUT2D eigenvalue weighted by atomic mass is 9.59. The lowest BCUT2D eigenvalue weighted by Crippen LogP contribution is -2.49. The van der Waals surface area contributed by atoms with Crippen LogP contribution < -0.4 is 0 Å². The Kier molecular flexibility index (Phi) is 6.16. The van der Waals surface area contributed by atoms with Crippen molar-refractivity contribution in [3.8, 4) is 0 Å². The molecule has 2 bridgehead atoms. The van der Waals surface area contributed by atoms with E-state index in [1.54, 1.807) is 0 Å². The Morgan fingerprint density at radius 2 is 1.66 bits per heavy atom. The van der Waals surface area contributed by atoms with Crippen molar-refractivity contribution in [2.75, 3.05) is 7.11 Å². The van der Waals surface area contributed by atoms with Crippen LogP contribution in [0.3, 0.4) is 0 Å². The van der Waals surface area contributed by atoms with Crippen LogP contribution in [-0.2, 0) is 14.3 Å². The Labute approximate surface area is 188 Å². The molecule has 1 N–H and O–H groups in total. The van der Waals surface area contributed by atoms with E-state index in [0.717, 1.165) is 12.8 Å². The first-order valence-electron chi connectivity index (χ1n) is 10.7. The Hall–Kier alpha value is -0.690. The number of esters is 1. The third-order valence-corrected chi connectivity index (χ3v) is 9.82. The van der Waals surface area contributed by atoms with Crippen molar-refractivity contribution >= 4 is 34.3 Å². The number of hydrogen-bond acceptors (Lipinski definition) is 4. The number of carbonyl (C=O) groups is 2. The average Bonchev–Trinajstić information content (AvgIpc) is 2.95. The minimum Gasteiger partial charge on any atom is -0.469 e. The first-order chi connectivity index (χ1) is 13.5. The number of halogens is 1. The Bertz CT molecular complexity index is 771. The SMILES string of the molecule is COC(=O)[C@@H]1[C@@H](C(=O)[C@@H]2CC[C@@H](C)[C@H](O)[C@H]2/C=C/I)[C@@]2(C)C(C)=C(C)[C@]1(C)[C@@H]2C. The third kappa shape index (κ3) is 2.93. The van der Waals surface area contributed by atoms with Crippen LogP contribution in [-0.4, -0.2) is 30.1 Å². The molecule has 0 spiro atoms. The normalized spacial score (nSPS) is 47.1. The summed E-state index contributed by atoms with van der Waals surface area (Å²) in [6.07, 6.45) is 3.04. The summed E-state index contributed by atoms with van der Waals surface area (Å²) in [5.41, 5.74) is 1.74. The molecule has 0 unspecified atom stereocenters. The van der Waals surface area contributed by atoms with Gasteiger partial charge in [0.1, 0.15) is 5.78 Å². The molecule has 0 aliphatic heterocycles. The molecule has 0 radical (unpaired) electrons. The molecule has 9 atom stereocenters. The van der Waals surface area contributed by atoms with Crippen molar-refractivity contribution in [1.29, 1.82) is 0 Å². The van der Waals surface area contributed by atoms with Gasteiger partial charge in [0.25, 0.3) is 0 Å². The summed E-state index contributed by atoms with van der Waals surface area (Å²) in [5, 5.41) is 10.8. The zero-order chi connectivity index (χ0) is 21.9. The van der Waals surface area contributed by atoms with Crippen molar-refractivity contribution in [1.82, 2.24) is 0 Å². The van der Waals surface area contributed by atoms with Crippen LogP contribution in [0.1, 0.15) is 54.4 Å². The molecule has 0 aromatic heterocycles. The number of aliphatic hydroxyl groups excluding tert-OH is 1. The molecule has 2 saturated carbocycles. The zero-order valence-corrected chi connectivity index (χ0v) is 20.8. The first-order valence-corrected chi connectivity index (χ1v) is 12.0. The minimum atomic E-state index is -0.530. The second-order valence-electron chi connectivity index (χ2n) is 9.97. The molecule has 3 rings (SSSR count). The number of ether oxygens (including phenoxy) is 1. The Morgan fingerprint density at radius 1 is 1.10 bits per heavy atom. The van der Waals surface area contributed by atoms with E-state index < -0.39 is 17.9 Å². The Morgan fingerprint density at radius 3 is 2.17 bits per heavy atom. The van der Waals surface area contributed by atoms with Crippen LogP contribution in [0, 0.1) is 46.3 Å². The van der Waals surface area contributed by atoms with Gasteiger partial charge >= 0.3 is 5.97 Å². The van der Waals surface area contributed by atoms with E-state index in [0.29, 0.717) is 0 Å². The van der Waals surface area contributed by atoms with Crippen LogP contribution in [0.15, 0.2) is 21.3 Å². The maximum Gasteiger partial charge on any atom is 0.310 e. The summed E-state index contributed by atoms with van der Waals surface area (Å²) in [6.45, 7) is 12.8. The molecule has 2 fully saturated rings. The molecule has 5 heteroatoms. The topological polar surface area (TPSA) is 63.6 Å². The smallest absolute Gasteiger partial charge is 0.310 e. The monoisotopic (exact) mass is 514 g/mol. The van der Waals surface area contributed by atoms with E-state index >= 15 is 0 Å². The van der Waals surface area contributed by atoms with E-state index in [1.165, 1.54) is 18.3 Å². The predicted octanol–water partition coefficient (Wildman–Crippen LogP) is 4.95. The summed E-state index contributed by atoms with van der Waals surface area (Å²) < 4.78 is 7.14. The van der Waals surface area contributed by atoms with Crippen molar-refractivity contribution in [3.63, 3.8) is 0 Å². The highest BCUT2D eigenvalue weighted by atomic mass is 127. The number of rotatable bonds is 4. The fourth-order valence-corrected chi connectivity index (χ4v) is 7.54. The average molecular weight is 514 g/mol. The van der Waals surface area contributed by atoms with Crippen LogP contribution >= 0.6 is 22.6 Å². The van der Waals surface area contributed by atoms with Crippen molar-refractivity contribution in [2.24, 2.45) is 46.3 Å². The number of ketones is 1. The van der Waals surface area contributed by atoms with E-state index in [4.69, 9.17) is 4.74 Å². The molecule has 3 aliphatic carbocycles. The number of methoxy groups -OCH3 is 1. The molecular weight excluding hydrogens is 479 g/mol. The van der Waals surface area contributed by atoms with Crippen molar-refractivity contribution < 1.29 is 19.4 Å². The zero-order valence-electron chi connectivity index (χ0n) is 18.7. The molecule has 3 aliphatic rings. The van der Waals surface area contributed by atoms with E-state index in [2.05, 4.69) is 64.1 Å². The summed E-state index contributed by atoms with van der Waals surface area (Å²) in [7, 11) is 1.42. The maximum atomic E-state index is 14.1. The van der Waals surface area contributed by atoms with Crippen LogP contribution in [0.25, 0.3) is 0 Å². The van der Waals surface area contributed by atoms with E-state index in [9.17, 15) is 14.7 Å². The maximum absolute atomic E-state index is 14.1. The van der Waals surface area contributed by atoms with Gasteiger partial charge in [-0.15, -0.1) is 0 Å². The molecule has 4 nitrogen and oxygen atoms in total. The van der Waals surface area contributed by atoms with Gasteiger partial charge in [0, 0.05) is 28.6 Å². The summed E-state index contributed by atoms with van der Waals surface area (Å²) in [5.74, 6) is -1.13. The van der Waals surface area contributed by atoms with E-state index in [-0.39, 0.29) is 46.3 Å². The fourth-order valence-electron chi connectivity index (χ4n) is 7.06. The first kappa shape index (κ1) is 23.0. The highest BCUT2D eigenvalue weighted by molar-refractivity contribution is 14.1. The third-order valence-electron chi connectivity index (χ3n) is 9.40. The second-order valence-corrected chi connectivity index (χ2v) is 10.7. The number of carbonyl (C=O) groups excluding carboxylic acids is 2. The van der Waals surface area contributed by atoms with Gasteiger partial charge in [-0.2, -0.15) is 0 Å². The van der Waals surface area contributed by atoms with Crippen LogP contribution in [0.4, 0.5) is 0 Å².